The molecular formula is C35H24. The van der Waals surface area contributed by atoms with Crippen molar-refractivity contribution in [1.82, 2.24) is 0 Å². The van der Waals surface area contributed by atoms with Crippen molar-refractivity contribution < 1.29 is 28.8 Å². The van der Waals surface area contributed by atoms with Gasteiger partial charge in [0.15, 0.2) is 0 Å². The minimum atomic E-state index is -0.890. The molecule has 0 spiro atoms. The zero-order valence-corrected chi connectivity index (χ0v) is 18.0. The van der Waals surface area contributed by atoms with Crippen LogP contribution in [0.4, 0.5) is 0 Å². The number of rotatable bonds is 2. The summed E-state index contributed by atoms with van der Waals surface area (Å²) in [4.78, 5) is 0. The van der Waals surface area contributed by atoms with Gasteiger partial charge in [0.05, 0.1) is 28.8 Å². The van der Waals surface area contributed by atoms with Gasteiger partial charge in [-0.05, 0) is 78.3 Å². The molecular weight excluding hydrogens is 420 g/mol. The highest BCUT2D eigenvalue weighted by atomic mass is 14.2. The molecule has 35 heavy (non-hydrogen) atoms. The summed E-state index contributed by atoms with van der Waals surface area (Å²) in [5, 5.41) is -4.28. The predicted octanol–water partition coefficient (Wildman–Crippen LogP) is 9.94. The van der Waals surface area contributed by atoms with Crippen LogP contribution in [-0.2, 0) is 0 Å². The lowest BCUT2D eigenvalue weighted by Crippen LogP contribution is -1.91. The summed E-state index contributed by atoms with van der Waals surface area (Å²) in [6.07, 6.45) is 0. The number of hydrogen-bond acceptors (Lipinski definition) is 0. The van der Waals surface area contributed by atoms with Crippen molar-refractivity contribution in [3.8, 4) is 22.3 Å². The van der Waals surface area contributed by atoms with Crippen LogP contribution in [0.2, 0.25) is 0 Å². The highest BCUT2D eigenvalue weighted by Gasteiger charge is 2.17. The molecule has 0 bridgehead atoms. The molecule has 164 valence electrons. The first kappa shape index (κ1) is 8.07. The van der Waals surface area contributed by atoms with E-state index in [0.29, 0.717) is 0 Å². The average molecular weight is 466 g/mol. The summed E-state index contributed by atoms with van der Waals surface area (Å²) in [5.74, 6) is 0. The van der Waals surface area contributed by atoms with Crippen molar-refractivity contribution in [2.45, 2.75) is 6.92 Å². The van der Waals surface area contributed by atoms with E-state index in [1.807, 2.05) is 0 Å². The fourth-order valence-corrected chi connectivity index (χ4v) is 4.22. The van der Waals surface area contributed by atoms with Crippen molar-refractivity contribution in [3.63, 3.8) is 0 Å². The van der Waals surface area contributed by atoms with Gasteiger partial charge in [-0.25, -0.2) is 0 Å². The summed E-state index contributed by atoms with van der Waals surface area (Å²) in [5.41, 5.74) is -2.44. The van der Waals surface area contributed by atoms with Gasteiger partial charge >= 0.3 is 0 Å². The zero-order valence-electron chi connectivity index (χ0n) is 39.0. The van der Waals surface area contributed by atoms with Crippen LogP contribution in [0.25, 0.3) is 65.3 Å². The standard InChI is InChI=1S/C35H24/c1-23-17-20-28-26(21-23)11-8-16-29(28)35-32-14-6-4-12-30(32)34(31-13-5-7-15-33(31)35)27-19-18-24-9-2-3-10-25(24)22-27/h2-22H,1H3/i2D,3D,4D,5D,6D,7D,8D,9D,10D,11D,12D,13D,14D,15D,16D,17D,18D,19D,20D,21D,22D. The zero-order chi connectivity index (χ0) is 41.6. The number of hydrogen-bond donors (Lipinski definition) is 0. The van der Waals surface area contributed by atoms with Gasteiger partial charge in [-0.3, -0.25) is 0 Å². The molecule has 7 rings (SSSR count). The summed E-state index contributed by atoms with van der Waals surface area (Å²) in [6, 6.07) is -16.6. The summed E-state index contributed by atoms with van der Waals surface area (Å²) >= 11 is 0. The molecule has 0 saturated heterocycles. The fourth-order valence-electron chi connectivity index (χ4n) is 4.22. The van der Waals surface area contributed by atoms with Crippen molar-refractivity contribution in [2.75, 3.05) is 0 Å². The van der Waals surface area contributed by atoms with E-state index < -0.39 is 187 Å². The van der Waals surface area contributed by atoms with E-state index >= 15 is 0 Å². The maximum Gasteiger partial charge on any atom is 0.0636 e. The van der Waals surface area contributed by atoms with E-state index in [1.165, 1.54) is 6.92 Å². The van der Waals surface area contributed by atoms with Gasteiger partial charge in [0.25, 0.3) is 0 Å². The van der Waals surface area contributed by atoms with Gasteiger partial charge in [-0.2, -0.15) is 0 Å². The van der Waals surface area contributed by atoms with Crippen molar-refractivity contribution >= 4 is 43.1 Å². The Morgan fingerprint density at radius 2 is 1.03 bits per heavy atom. The predicted molar refractivity (Wildman–Crippen MR) is 152 cm³/mol. The molecule has 0 N–H and O–H groups in total. The molecule has 0 aliphatic rings. The third-order valence-electron chi connectivity index (χ3n) is 5.69. The smallest absolute Gasteiger partial charge is 0.0616 e. The minimum absolute atomic E-state index is 0.0561. The average Bonchev–Trinajstić information content (AvgIpc) is 3.17. The Labute approximate surface area is 234 Å². The minimum Gasteiger partial charge on any atom is -0.0616 e. The quantitative estimate of drug-likeness (QED) is 0.223. The summed E-state index contributed by atoms with van der Waals surface area (Å²) in [6.45, 7) is 1.34. The largest absolute Gasteiger partial charge is 0.0636 e. The molecule has 0 aliphatic heterocycles. The SMILES string of the molecule is [2H]c1c([2H])c([2H])c2c([2H])c(-c3c4c([2H])c([2H])c([2H])c([2H])c4c(-c4c([2H])c([2H])c([2H])c5c([2H])c(C)c([2H])c([2H])c45)c4c([2H])c([2H])c([2H])c([2H])c34)c([2H])c([2H])c2c1[2H]. The second kappa shape index (κ2) is 7.82. The molecule has 0 aliphatic carbocycles. The normalized spacial score (nSPS) is 20.0. The number of fused-ring (bicyclic) bond motifs is 4. The first-order valence-electron chi connectivity index (χ1n) is 21.0. The van der Waals surface area contributed by atoms with Gasteiger partial charge in [0.1, 0.15) is 0 Å². The first-order chi connectivity index (χ1) is 26.0. The highest BCUT2D eigenvalue weighted by Crippen LogP contribution is 2.45. The molecule has 0 aromatic heterocycles. The third kappa shape index (κ3) is 3.15. The van der Waals surface area contributed by atoms with Crippen LogP contribution in [0.5, 0.6) is 0 Å². The van der Waals surface area contributed by atoms with Crippen LogP contribution in [0.1, 0.15) is 34.3 Å². The third-order valence-corrected chi connectivity index (χ3v) is 5.69. The van der Waals surface area contributed by atoms with Crippen molar-refractivity contribution in [1.29, 1.82) is 0 Å². The fraction of sp³-hybridized carbons (Fsp3) is 0.0286. The van der Waals surface area contributed by atoms with Gasteiger partial charge in [-0.1, -0.05) is 126 Å². The molecule has 7 aromatic carbocycles. The van der Waals surface area contributed by atoms with Crippen molar-refractivity contribution in [2.24, 2.45) is 0 Å². The second-order valence-electron chi connectivity index (χ2n) is 7.75. The van der Waals surface area contributed by atoms with Crippen LogP contribution >= 0.6 is 0 Å². The molecule has 7 aromatic rings. The van der Waals surface area contributed by atoms with E-state index in [2.05, 4.69) is 0 Å². The van der Waals surface area contributed by atoms with Crippen LogP contribution < -0.4 is 0 Å². The van der Waals surface area contributed by atoms with Crippen LogP contribution in [0.3, 0.4) is 0 Å². The molecule has 0 heteroatoms. The Morgan fingerprint density at radius 3 is 1.74 bits per heavy atom. The van der Waals surface area contributed by atoms with E-state index in [1.54, 1.807) is 0 Å². The lowest BCUT2D eigenvalue weighted by molar-refractivity contribution is 1.51. The molecule has 0 fully saturated rings. The van der Waals surface area contributed by atoms with E-state index in [4.69, 9.17) is 21.9 Å². The molecule has 0 atom stereocenters. The summed E-state index contributed by atoms with van der Waals surface area (Å²) < 4.78 is 186. The molecule has 0 saturated carbocycles. The van der Waals surface area contributed by atoms with Gasteiger partial charge < -0.3 is 0 Å². The maximum absolute atomic E-state index is 9.34. The first-order valence-corrected chi connectivity index (χ1v) is 10.5. The van der Waals surface area contributed by atoms with Crippen LogP contribution in [-0.4, -0.2) is 0 Å². The van der Waals surface area contributed by atoms with Crippen LogP contribution in [0.15, 0.2) is 127 Å². The highest BCUT2D eigenvalue weighted by molar-refractivity contribution is 6.23. The van der Waals surface area contributed by atoms with Crippen molar-refractivity contribution in [3.05, 3.63) is 132 Å². The molecule has 0 amide bonds. The van der Waals surface area contributed by atoms with Crippen LogP contribution in [0, 0.1) is 6.92 Å². The maximum atomic E-state index is 9.34. The molecule has 0 unspecified atom stereocenters. The van der Waals surface area contributed by atoms with Gasteiger partial charge in [0.2, 0.25) is 0 Å². The summed E-state index contributed by atoms with van der Waals surface area (Å²) in [7, 11) is 0. The Balaban J connectivity index is 1.96. The molecule has 0 heterocycles. The lowest BCUT2D eigenvalue weighted by Gasteiger charge is -2.19. The Hall–Kier alpha value is -4.42. The monoisotopic (exact) mass is 465 g/mol. The van der Waals surface area contributed by atoms with E-state index in [0.717, 1.165) is 0 Å². The van der Waals surface area contributed by atoms with E-state index in [-0.39, 0.29) is 10.9 Å². The molecule has 0 radical (unpaired) electrons. The lowest BCUT2D eigenvalue weighted by atomic mass is 9.84. The topological polar surface area (TPSA) is 0 Å². The number of benzene rings is 7. The Morgan fingerprint density at radius 1 is 0.429 bits per heavy atom. The Bertz CT molecular complexity index is 2950. The Kier molecular flexibility index (Phi) is 1.80. The van der Waals surface area contributed by atoms with Gasteiger partial charge in [0, 0.05) is 0 Å². The van der Waals surface area contributed by atoms with E-state index in [9.17, 15) is 6.85 Å². The van der Waals surface area contributed by atoms with Gasteiger partial charge in [-0.15, -0.1) is 0 Å². The molecule has 0 nitrogen and oxygen atoms in total. The second-order valence-corrected chi connectivity index (χ2v) is 7.75.